The number of aliphatic hydroxyl groups excluding tert-OH is 1. The number of carbonyl (C=O) groups is 2. The van der Waals surface area contributed by atoms with Crippen LogP contribution in [0, 0.1) is 5.82 Å². The lowest BCUT2D eigenvalue weighted by Crippen LogP contribution is -2.51. The molecule has 0 radical (unpaired) electrons. The van der Waals surface area contributed by atoms with E-state index in [1.54, 1.807) is 29.2 Å². The number of amides is 2. The van der Waals surface area contributed by atoms with Gasteiger partial charge in [-0.15, -0.1) is 5.10 Å². The van der Waals surface area contributed by atoms with Crippen molar-refractivity contribution in [2.24, 2.45) is 0 Å². The van der Waals surface area contributed by atoms with E-state index in [0.717, 1.165) is 17.7 Å². The molecule has 2 amide bonds. The number of likely N-dealkylation sites (tertiary alicyclic amines) is 1. The van der Waals surface area contributed by atoms with Gasteiger partial charge in [-0.05, 0) is 91.0 Å². The Bertz CT molecular complexity index is 1210. The fourth-order valence-electron chi connectivity index (χ4n) is 4.94. The van der Waals surface area contributed by atoms with Crippen LogP contribution >= 0.6 is 0 Å². The number of piperidine rings is 1. The van der Waals surface area contributed by atoms with Gasteiger partial charge in [-0.3, -0.25) is 9.59 Å². The first-order valence-corrected chi connectivity index (χ1v) is 13.1. The molecule has 5 rings (SSSR count). The summed E-state index contributed by atoms with van der Waals surface area (Å²) in [5.41, 5.74) is 2.28. The van der Waals surface area contributed by atoms with Crippen molar-refractivity contribution in [3.8, 4) is 5.69 Å². The minimum Gasteiger partial charge on any atom is -0.393 e. The minimum atomic E-state index is -0.661. The maximum absolute atomic E-state index is 13.3. The van der Waals surface area contributed by atoms with Gasteiger partial charge in [-0.1, -0.05) is 12.1 Å². The Morgan fingerprint density at radius 3 is 2.50 bits per heavy atom. The molecule has 11 heteroatoms. The van der Waals surface area contributed by atoms with Crippen molar-refractivity contribution in [3.63, 3.8) is 0 Å². The van der Waals surface area contributed by atoms with Gasteiger partial charge in [0.15, 0.2) is 0 Å². The van der Waals surface area contributed by atoms with Gasteiger partial charge in [-0.2, -0.15) is 0 Å². The summed E-state index contributed by atoms with van der Waals surface area (Å²) in [4.78, 5) is 28.1. The van der Waals surface area contributed by atoms with E-state index in [2.05, 4.69) is 26.2 Å². The van der Waals surface area contributed by atoms with Crippen LogP contribution in [0.2, 0.25) is 0 Å². The number of carbonyl (C=O) groups excluding carboxylic acids is 2. The summed E-state index contributed by atoms with van der Waals surface area (Å²) in [6.45, 7) is 1.67. The molecule has 1 aromatic heterocycles. The molecule has 1 saturated heterocycles. The first-order chi connectivity index (χ1) is 18.5. The molecule has 0 bridgehead atoms. The van der Waals surface area contributed by atoms with Crippen molar-refractivity contribution < 1.29 is 19.1 Å². The lowest BCUT2D eigenvalue weighted by atomic mass is 10.0. The van der Waals surface area contributed by atoms with Gasteiger partial charge in [0.25, 0.3) is 5.91 Å². The molecule has 1 unspecified atom stereocenters. The van der Waals surface area contributed by atoms with Crippen LogP contribution in [0.5, 0.6) is 0 Å². The standard InChI is InChI=1S/C27H32FN7O3/c28-20-7-3-18(4-8-20)23-16-25(23)29-13-1-2-24(27(38)34-14-11-22(36)12-15-34)31-26(37)19-5-9-21(10-6-19)35-17-30-32-33-35/h3-10,17,22-25,29,36H,1-2,11-16H2,(H,31,37)/t23-,24-,25?/m0/s1. The second kappa shape index (κ2) is 11.8. The molecule has 1 aliphatic heterocycles. The SMILES string of the molecule is O=C(N[C@@H](CCCNC1C[C@H]1c1ccc(F)cc1)C(=O)N1CCC(O)CC1)c1ccc(-n2cnnn2)cc1. The number of tetrazole rings is 1. The molecule has 1 saturated carbocycles. The highest BCUT2D eigenvalue weighted by atomic mass is 19.1. The number of aromatic nitrogens is 4. The van der Waals surface area contributed by atoms with Crippen LogP contribution in [0.25, 0.3) is 5.69 Å². The Morgan fingerprint density at radius 1 is 1.08 bits per heavy atom. The summed E-state index contributed by atoms with van der Waals surface area (Å²) in [5, 5.41) is 27.4. The third-order valence-corrected chi connectivity index (χ3v) is 7.29. The van der Waals surface area contributed by atoms with Gasteiger partial charge < -0.3 is 20.6 Å². The minimum absolute atomic E-state index is 0.119. The van der Waals surface area contributed by atoms with Crippen molar-refractivity contribution in [1.82, 2.24) is 35.7 Å². The van der Waals surface area contributed by atoms with E-state index in [4.69, 9.17) is 0 Å². The van der Waals surface area contributed by atoms with E-state index >= 15 is 0 Å². The van der Waals surface area contributed by atoms with Crippen LogP contribution in [0.3, 0.4) is 0 Å². The van der Waals surface area contributed by atoms with E-state index in [1.807, 2.05) is 12.1 Å². The Balaban J connectivity index is 1.16. The van der Waals surface area contributed by atoms with E-state index in [0.29, 0.717) is 62.8 Å². The highest BCUT2D eigenvalue weighted by Gasteiger charge is 2.37. The summed E-state index contributed by atoms with van der Waals surface area (Å²) < 4.78 is 14.7. The van der Waals surface area contributed by atoms with Gasteiger partial charge in [0, 0.05) is 30.6 Å². The molecule has 0 spiro atoms. The molecule has 2 aromatic carbocycles. The molecule has 200 valence electrons. The Hall–Kier alpha value is -3.70. The monoisotopic (exact) mass is 521 g/mol. The summed E-state index contributed by atoms with van der Waals surface area (Å²) in [5.74, 6) is -0.298. The Labute approximate surface area is 220 Å². The number of aliphatic hydroxyl groups is 1. The third kappa shape index (κ3) is 6.40. The quantitative estimate of drug-likeness (QED) is 0.348. The van der Waals surface area contributed by atoms with E-state index in [-0.39, 0.29) is 23.7 Å². The number of halogens is 1. The molecular weight excluding hydrogens is 489 g/mol. The molecule has 3 N–H and O–H groups in total. The highest BCUT2D eigenvalue weighted by Crippen LogP contribution is 2.40. The van der Waals surface area contributed by atoms with Crippen LogP contribution in [0.4, 0.5) is 4.39 Å². The first kappa shape index (κ1) is 25.9. The van der Waals surface area contributed by atoms with Gasteiger partial charge in [-0.25, -0.2) is 9.07 Å². The largest absolute Gasteiger partial charge is 0.393 e. The second-order valence-electron chi connectivity index (χ2n) is 9.98. The predicted octanol–water partition coefficient (Wildman–Crippen LogP) is 1.81. The van der Waals surface area contributed by atoms with Crippen molar-refractivity contribution in [1.29, 1.82) is 0 Å². The maximum atomic E-state index is 13.3. The number of hydrogen-bond donors (Lipinski definition) is 3. The summed E-state index contributed by atoms with van der Waals surface area (Å²) in [6, 6.07) is 13.2. The smallest absolute Gasteiger partial charge is 0.251 e. The summed E-state index contributed by atoms with van der Waals surface area (Å²) in [6.07, 6.45) is 4.37. The van der Waals surface area contributed by atoms with Crippen molar-refractivity contribution in [3.05, 3.63) is 71.8 Å². The van der Waals surface area contributed by atoms with Crippen LogP contribution in [-0.2, 0) is 4.79 Å². The van der Waals surface area contributed by atoms with E-state index in [9.17, 15) is 19.1 Å². The average Bonchev–Trinajstić information content (AvgIpc) is 3.49. The predicted molar refractivity (Wildman–Crippen MR) is 137 cm³/mol. The van der Waals surface area contributed by atoms with Gasteiger partial charge in [0.05, 0.1) is 11.8 Å². The molecular formula is C27H32FN7O3. The summed E-state index contributed by atoms with van der Waals surface area (Å²) >= 11 is 0. The van der Waals surface area contributed by atoms with Crippen LogP contribution in [0.15, 0.2) is 54.9 Å². The molecule has 10 nitrogen and oxygen atoms in total. The fourth-order valence-corrected chi connectivity index (χ4v) is 4.94. The average molecular weight is 522 g/mol. The van der Waals surface area contributed by atoms with Crippen molar-refractivity contribution in [2.75, 3.05) is 19.6 Å². The molecule has 2 heterocycles. The molecule has 2 fully saturated rings. The number of nitrogens with one attached hydrogen (secondary N) is 2. The first-order valence-electron chi connectivity index (χ1n) is 13.1. The van der Waals surface area contributed by atoms with Crippen LogP contribution < -0.4 is 10.6 Å². The number of nitrogens with zero attached hydrogens (tertiary/aromatic N) is 5. The highest BCUT2D eigenvalue weighted by molar-refractivity contribution is 5.97. The maximum Gasteiger partial charge on any atom is 0.251 e. The molecule has 1 aliphatic carbocycles. The number of benzene rings is 2. The number of hydrogen-bond acceptors (Lipinski definition) is 7. The lowest BCUT2D eigenvalue weighted by molar-refractivity contribution is -0.135. The van der Waals surface area contributed by atoms with Crippen LogP contribution in [0.1, 0.15) is 53.9 Å². The molecule has 38 heavy (non-hydrogen) atoms. The van der Waals surface area contributed by atoms with Crippen LogP contribution in [-0.4, -0.2) is 79.8 Å². The summed E-state index contributed by atoms with van der Waals surface area (Å²) in [7, 11) is 0. The zero-order valence-electron chi connectivity index (χ0n) is 21.0. The normalized spacial score (nSPS) is 20.2. The Morgan fingerprint density at radius 2 is 1.82 bits per heavy atom. The zero-order chi connectivity index (χ0) is 26.5. The van der Waals surface area contributed by atoms with Gasteiger partial charge in [0.1, 0.15) is 18.2 Å². The molecule has 3 aromatic rings. The van der Waals surface area contributed by atoms with E-state index < -0.39 is 6.04 Å². The molecule has 3 atom stereocenters. The van der Waals surface area contributed by atoms with Crippen molar-refractivity contribution in [2.45, 2.75) is 56.2 Å². The van der Waals surface area contributed by atoms with Gasteiger partial charge in [0.2, 0.25) is 5.91 Å². The Kier molecular flexibility index (Phi) is 8.04. The second-order valence-corrected chi connectivity index (χ2v) is 9.98. The molecule has 2 aliphatic rings. The van der Waals surface area contributed by atoms with E-state index in [1.165, 1.54) is 23.1 Å². The zero-order valence-corrected chi connectivity index (χ0v) is 21.0. The lowest BCUT2D eigenvalue weighted by Gasteiger charge is -2.32. The number of rotatable bonds is 10. The van der Waals surface area contributed by atoms with Crippen molar-refractivity contribution >= 4 is 11.8 Å². The van der Waals surface area contributed by atoms with Gasteiger partial charge >= 0.3 is 0 Å². The topological polar surface area (TPSA) is 125 Å². The third-order valence-electron chi connectivity index (χ3n) is 7.29. The fraction of sp³-hybridized carbons (Fsp3) is 0.444.